The Morgan fingerprint density at radius 3 is 2.79 bits per heavy atom. The molecule has 1 aliphatic heterocycles. The number of hydrogen-bond donors (Lipinski definition) is 2. The molecule has 0 saturated carbocycles. The molecule has 3 heterocycles. The second-order valence-electron chi connectivity index (χ2n) is 7.51. The number of rotatable bonds is 7. The number of nitrogens with one attached hydrogen (secondary N) is 2. The van der Waals surface area contributed by atoms with E-state index >= 15 is 0 Å². The molecule has 2 unspecified atom stereocenters. The Labute approximate surface area is 190 Å². The van der Waals surface area contributed by atoms with Crippen LogP contribution in [-0.2, 0) is 26.4 Å². The molecule has 0 fully saturated rings. The Hall–Kier alpha value is -1.69. The van der Waals surface area contributed by atoms with Gasteiger partial charge in [-0.2, -0.15) is 10.2 Å². The lowest BCUT2D eigenvalue weighted by atomic mass is 10.1. The van der Waals surface area contributed by atoms with Gasteiger partial charge in [-0.1, -0.05) is 6.92 Å². The van der Waals surface area contributed by atoms with Gasteiger partial charge in [0, 0.05) is 44.2 Å². The molecule has 162 valence electrons. The van der Waals surface area contributed by atoms with Gasteiger partial charge >= 0.3 is 0 Å². The van der Waals surface area contributed by atoms with Crippen LogP contribution in [-0.4, -0.2) is 68.6 Å². The van der Waals surface area contributed by atoms with Crippen LogP contribution >= 0.6 is 24.0 Å². The van der Waals surface area contributed by atoms with Crippen molar-refractivity contribution in [1.29, 1.82) is 0 Å². The van der Waals surface area contributed by atoms with Crippen molar-refractivity contribution >= 4 is 29.9 Å². The van der Waals surface area contributed by atoms with Gasteiger partial charge in [-0.3, -0.25) is 9.67 Å². The molecule has 0 radical (unpaired) electrons. The molecule has 0 aromatic carbocycles. The van der Waals surface area contributed by atoms with E-state index in [0.717, 1.165) is 50.0 Å². The van der Waals surface area contributed by atoms with Gasteiger partial charge in [0.15, 0.2) is 11.8 Å². The lowest BCUT2D eigenvalue weighted by Crippen LogP contribution is -2.47. The van der Waals surface area contributed by atoms with Crippen molar-refractivity contribution < 1.29 is 0 Å². The quantitative estimate of drug-likeness (QED) is 0.329. The fourth-order valence-corrected chi connectivity index (χ4v) is 3.50. The van der Waals surface area contributed by atoms with Crippen LogP contribution in [0.1, 0.15) is 43.5 Å². The molecule has 0 spiro atoms. The first-order valence-electron chi connectivity index (χ1n) is 10.1. The van der Waals surface area contributed by atoms with E-state index in [2.05, 4.69) is 64.9 Å². The molecule has 9 nitrogen and oxygen atoms in total. The lowest BCUT2D eigenvalue weighted by Gasteiger charge is -2.26. The number of hydrogen-bond acceptors (Lipinski definition) is 5. The van der Waals surface area contributed by atoms with Crippen LogP contribution < -0.4 is 10.6 Å². The monoisotopic (exact) mass is 515 g/mol. The van der Waals surface area contributed by atoms with Crippen molar-refractivity contribution in [3.8, 4) is 0 Å². The van der Waals surface area contributed by atoms with E-state index in [-0.39, 0.29) is 30.0 Å². The largest absolute Gasteiger partial charge is 0.357 e. The maximum atomic E-state index is 4.86. The number of aromatic nitrogens is 5. The fraction of sp³-hybridized carbons (Fsp3) is 0.684. The zero-order chi connectivity index (χ0) is 20.1. The third-order valence-electron chi connectivity index (χ3n) is 5.06. The highest BCUT2D eigenvalue weighted by Crippen LogP contribution is 2.18. The summed E-state index contributed by atoms with van der Waals surface area (Å²) in [6.07, 6.45) is 6.83. The van der Waals surface area contributed by atoms with E-state index in [0.29, 0.717) is 12.6 Å². The second-order valence-corrected chi connectivity index (χ2v) is 7.51. The van der Waals surface area contributed by atoms with Gasteiger partial charge in [0.05, 0.1) is 25.3 Å². The van der Waals surface area contributed by atoms with E-state index in [1.54, 1.807) is 0 Å². The number of nitrogens with zero attached hydrogens (tertiary/aromatic N) is 7. The summed E-state index contributed by atoms with van der Waals surface area (Å²) in [5.74, 6) is 2.88. The Morgan fingerprint density at radius 2 is 2.17 bits per heavy atom. The van der Waals surface area contributed by atoms with Crippen molar-refractivity contribution in [2.75, 3.05) is 27.2 Å². The van der Waals surface area contributed by atoms with Crippen LogP contribution in [0.4, 0.5) is 0 Å². The summed E-state index contributed by atoms with van der Waals surface area (Å²) in [7, 11) is 6.09. The van der Waals surface area contributed by atoms with E-state index in [1.807, 2.05) is 22.6 Å². The fourth-order valence-electron chi connectivity index (χ4n) is 3.50. The van der Waals surface area contributed by atoms with Crippen LogP contribution in [0.3, 0.4) is 0 Å². The predicted octanol–water partition coefficient (Wildman–Crippen LogP) is 1.36. The molecule has 1 aliphatic rings. The molecule has 0 bridgehead atoms. The van der Waals surface area contributed by atoms with Gasteiger partial charge in [0.1, 0.15) is 5.82 Å². The molecule has 0 saturated heterocycles. The Kier molecular flexibility index (Phi) is 8.87. The normalized spacial score (nSPS) is 17.6. The lowest BCUT2D eigenvalue weighted by molar-refractivity contribution is 0.305. The van der Waals surface area contributed by atoms with Crippen LogP contribution in [0.25, 0.3) is 0 Å². The van der Waals surface area contributed by atoms with Gasteiger partial charge in [0.2, 0.25) is 0 Å². The molecule has 2 N–H and O–H groups in total. The van der Waals surface area contributed by atoms with E-state index in [9.17, 15) is 0 Å². The second kappa shape index (κ2) is 10.9. The molecule has 0 amide bonds. The highest BCUT2D eigenvalue weighted by atomic mass is 127. The Bertz CT molecular complexity index is 795. The number of halogens is 1. The van der Waals surface area contributed by atoms with Gasteiger partial charge in [-0.25, -0.2) is 9.67 Å². The summed E-state index contributed by atoms with van der Waals surface area (Å²) in [4.78, 5) is 11.6. The molecule has 29 heavy (non-hydrogen) atoms. The predicted molar refractivity (Wildman–Crippen MR) is 126 cm³/mol. The minimum absolute atomic E-state index is 0. The number of aryl methyl sites for hydroxylation is 3. The molecule has 2 aromatic heterocycles. The highest BCUT2D eigenvalue weighted by molar-refractivity contribution is 14.0. The first kappa shape index (κ1) is 23.6. The van der Waals surface area contributed by atoms with E-state index < -0.39 is 0 Å². The highest BCUT2D eigenvalue weighted by Gasteiger charge is 2.22. The first-order valence-corrected chi connectivity index (χ1v) is 10.1. The van der Waals surface area contributed by atoms with Gasteiger partial charge in [0.25, 0.3) is 0 Å². The molecule has 2 atom stereocenters. The van der Waals surface area contributed by atoms with Crippen molar-refractivity contribution in [3.63, 3.8) is 0 Å². The zero-order valence-corrected chi connectivity index (χ0v) is 20.4. The van der Waals surface area contributed by atoms with Crippen molar-refractivity contribution in [1.82, 2.24) is 40.1 Å². The molecule has 2 aromatic rings. The van der Waals surface area contributed by atoms with Crippen LogP contribution in [0.2, 0.25) is 0 Å². The SMILES string of the molecule is CCNC(=NCC(c1cnn(C)c1)N(C)C)NC1CCc2nc(CC)nn2C1.I. The summed E-state index contributed by atoms with van der Waals surface area (Å²) < 4.78 is 3.88. The molecular weight excluding hydrogens is 481 g/mol. The van der Waals surface area contributed by atoms with Gasteiger partial charge in [-0.15, -0.1) is 24.0 Å². The van der Waals surface area contributed by atoms with E-state index in [4.69, 9.17) is 4.99 Å². The van der Waals surface area contributed by atoms with Crippen molar-refractivity contribution in [2.24, 2.45) is 12.0 Å². The van der Waals surface area contributed by atoms with Crippen LogP contribution in [0.15, 0.2) is 17.4 Å². The summed E-state index contributed by atoms with van der Waals surface area (Å²) in [6.45, 7) is 6.50. The molecule has 0 aliphatic carbocycles. The average molecular weight is 515 g/mol. The van der Waals surface area contributed by atoms with Crippen molar-refractivity contribution in [3.05, 3.63) is 29.6 Å². The molecule has 10 heteroatoms. The molecular formula is C19H34IN9. The van der Waals surface area contributed by atoms with Gasteiger partial charge < -0.3 is 15.5 Å². The topological polar surface area (TPSA) is 88.2 Å². The maximum absolute atomic E-state index is 4.86. The zero-order valence-electron chi connectivity index (χ0n) is 18.1. The minimum atomic E-state index is 0. The number of fused-ring (bicyclic) bond motifs is 1. The summed E-state index contributed by atoms with van der Waals surface area (Å²) >= 11 is 0. The third-order valence-corrected chi connectivity index (χ3v) is 5.06. The number of aliphatic imine (C=N–C) groups is 1. The summed E-state index contributed by atoms with van der Waals surface area (Å²) in [5.41, 5.74) is 1.17. The summed E-state index contributed by atoms with van der Waals surface area (Å²) in [5, 5.41) is 15.9. The average Bonchev–Trinajstić information content (AvgIpc) is 3.27. The van der Waals surface area contributed by atoms with Crippen molar-refractivity contribution in [2.45, 2.75) is 51.7 Å². The standard InChI is InChI=1S/C19H33N9.HI/c1-6-17-24-18-9-8-15(13-28(18)25-17)23-19(20-7-2)21-11-16(26(3)4)14-10-22-27(5)12-14;/h10,12,15-16H,6-9,11,13H2,1-5H3,(H2,20,21,23);1H. The number of likely N-dealkylation sites (N-methyl/N-ethyl adjacent to an activating group) is 1. The maximum Gasteiger partial charge on any atom is 0.191 e. The Balaban J connectivity index is 0.00000300. The smallest absolute Gasteiger partial charge is 0.191 e. The molecule has 3 rings (SSSR count). The van der Waals surface area contributed by atoms with E-state index in [1.165, 1.54) is 5.56 Å². The minimum Gasteiger partial charge on any atom is -0.357 e. The van der Waals surface area contributed by atoms with Gasteiger partial charge in [-0.05, 0) is 27.4 Å². The Morgan fingerprint density at radius 1 is 1.38 bits per heavy atom. The van der Waals surface area contributed by atoms with Crippen LogP contribution in [0, 0.1) is 0 Å². The first-order chi connectivity index (χ1) is 13.5. The third kappa shape index (κ3) is 6.14. The number of guanidine groups is 1. The van der Waals surface area contributed by atoms with Crippen LogP contribution in [0.5, 0.6) is 0 Å². The summed E-state index contributed by atoms with van der Waals surface area (Å²) in [6, 6.07) is 0.484.